The van der Waals surface area contributed by atoms with E-state index in [2.05, 4.69) is 26.0 Å². The lowest BCUT2D eigenvalue weighted by atomic mass is 10.0. The van der Waals surface area contributed by atoms with Crippen LogP contribution in [-0.4, -0.2) is 0 Å². The molecule has 0 spiro atoms. The van der Waals surface area contributed by atoms with Crippen LogP contribution in [0.25, 0.3) is 0 Å². The SMILES string of the molecule is CC.CC1=C/CCCC/C(C)=C\1. The maximum Gasteiger partial charge on any atom is -0.0320 e. The molecule has 0 aromatic heterocycles. The van der Waals surface area contributed by atoms with Gasteiger partial charge in [0.2, 0.25) is 0 Å². The first-order chi connectivity index (χ1) is 5.79. The Morgan fingerprint density at radius 1 is 1.08 bits per heavy atom. The molecule has 1 aliphatic rings. The monoisotopic (exact) mass is 166 g/mol. The Hall–Kier alpha value is -0.520. The average Bonchev–Trinajstić information content (AvgIpc) is 2.04. The van der Waals surface area contributed by atoms with Crippen molar-refractivity contribution >= 4 is 0 Å². The van der Waals surface area contributed by atoms with E-state index in [1.54, 1.807) is 0 Å². The van der Waals surface area contributed by atoms with E-state index in [9.17, 15) is 0 Å². The lowest BCUT2D eigenvalue weighted by Gasteiger charge is -2.05. The minimum atomic E-state index is 1.27. The van der Waals surface area contributed by atoms with Gasteiger partial charge in [0, 0.05) is 0 Å². The summed E-state index contributed by atoms with van der Waals surface area (Å²) < 4.78 is 0. The second-order valence-electron chi connectivity index (χ2n) is 3.18. The third kappa shape index (κ3) is 5.17. The van der Waals surface area contributed by atoms with Crippen LogP contribution in [0.2, 0.25) is 0 Å². The van der Waals surface area contributed by atoms with Gasteiger partial charge in [-0.25, -0.2) is 0 Å². The smallest absolute Gasteiger partial charge is 0.0320 e. The van der Waals surface area contributed by atoms with E-state index in [-0.39, 0.29) is 0 Å². The van der Waals surface area contributed by atoms with E-state index in [1.165, 1.54) is 36.8 Å². The molecule has 0 aliphatic heterocycles. The highest BCUT2D eigenvalue weighted by Crippen LogP contribution is 2.15. The molecule has 70 valence electrons. The normalized spacial score (nSPS) is 26.3. The van der Waals surface area contributed by atoms with Crippen molar-refractivity contribution in [2.24, 2.45) is 0 Å². The summed E-state index contributed by atoms with van der Waals surface area (Å²) >= 11 is 0. The quantitative estimate of drug-likeness (QED) is 0.497. The second-order valence-corrected chi connectivity index (χ2v) is 3.18. The highest BCUT2D eigenvalue weighted by Gasteiger charge is 1.95. The van der Waals surface area contributed by atoms with Gasteiger partial charge in [-0.2, -0.15) is 0 Å². The van der Waals surface area contributed by atoms with Crippen LogP contribution in [-0.2, 0) is 0 Å². The number of allylic oxidation sites excluding steroid dienone is 4. The van der Waals surface area contributed by atoms with E-state index >= 15 is 0 Å². The van der Waals surface area contributed by atoms with Gasteiger partial charge in [-0.05, 0) is 39.5 Å². The van der Waals surface area contributed by atoms with E-state index in [1.807, 2.05) is 13.8 Å². The van der Waals surface area contributed by atoms with Gasteiger partial charge in [-0.3, -0.25) is 0 Å². The molecule has 0 heteroatoms. The van der Waals surface area contributed by atoms with Crippen molar-refractivity contribution in [1.29, 1.82) is 0 Å². The van der Waals surface area contributed by atoms with Crippen LogP contribution in [0, 0.1) is 0 Å². The summed E-state index contributed by atoms with van der Waals surface area (Å²) in [4.78, 5) is 0. The maximum absolute atomic E-state index is 2.34. The van der Waals surface area contributed by atoms with E-state index in [0.29, 0.717) is 0 Å². The Morgan fingerprint density at radius 3 is 2.42 bits per heavy atom. The van der Waals surface area contributed by atoms with Crippen LogP contribution in [0.1, 0.15) is 53.4 Å². The zero-order chi connectivity index (χ0) is 9.40. The summed E-state index contributed by atoms with van der Waals surface area (Å²) in [5.41, 5.74) is 2.98. The Kier molecular flexibility index (Phi) is 6.84. The Bertz CT molecular complexity index is 161. The maximum atomic E-state index is 2.34. The fraction of sp³-hybridized carbons (Fsp3) is 0.667. The van der Waals surface area contributed by atoms with Gasteiger partial charge in [0.15, 0.2) is 0 Å². The van der Waals surface area contributed by atoms with Crippen molar-refractivity contribution in [1.82, 2.24) is 0 Å². The highest BCUT2D eigenvalue weighted by molar-refractivity contribution is 5.21. The summed E-state index contributed by atoms with van der Waals surface area (Å²) in [5.74, 6) is 0. The zero-order valence-electron chi connectivity index (χ0n) is 8.98. The van der Waals surface area contributed by atoms with Gasteiger partial charge in [0.05, 0.1) is 0 Å². The molecule has 0 nitrogen and oxygen atoms in total. The van der Waals surface area contributed by atoms with E-state index in [0.717, 1.165) is 0 Å². The summed E-state index contributed by atoms with van der Waals surface area (Å²) in [5, 5.41) is 0. The molecule has 0 bridgehead atoms. The fourth-order valence-electron chi connectivity index (χ4n) is 1.40. The van der Waals surface area contributed by atoms with Crippen molar-refractivity contribution in [2.45, 2.75) is 53.4 Å². The van der Waals surface area contributed by atoms with Gasteiger partial charge in [0.1, 0.15) is 0 Å². The van der Waals surface area contributed by atoms with Crippen LogP contribution in [0.4, 0.5) is 0 Å². The Labute approximate surface area is 77.4 Å². The molecule has 0 fully saturated rings. The molecule has 0 heterocycles. The first-order valence-electron chi connectivity index (χ1n) is 5.13. The number of rotatable bonds is 0. The third-order valence-electron chi connectivity index (χ3n) is 1.97. The minimum Gasteiger partial charge on any atom is -0.0816 e. The first-order valence-corrected chi connectivity index (χ1v) is 5.13. The molecular formula is C12H22. The largest absolute Gasteiger partial charge is 0.0816 e. The minimum absolute atomic E-state index is 1.27. The zero-order valence-corrected chi connectivity index (χ0v) is 8.98. The molecule has 0 radical (unpaired) electrons. The molecule has 0 amide bonds. The molecular weight excluding hydrogens is 144 g/mol. The highest BCUT2D eigenvalue weighted by atomic mass is 14.0. The van der Waals surface area contributed by atoms with Crippen LogP contribution >= 0.6 is 0 Å². The molecule has 0 N–H and O–H groups in total. The predicted molar refractivity (Wildman–Crippen MR) is 57.3 cm³/mol. The van der Waals surface area contributed by atoms with Crippen molar-refractivity contribution in [2.75, 3.05) is 0 Å². The van der Waals surface area contributed by atoms with Crippen molar-refractivity contribution in [3.05, 3.63) is 23.3 Å². The molecule has 1 aliphatic carbocycles. The average molecular weight is 166 g/mol. The van der Waals surface area contributed by atoms with Crippen LogP contribution in [0.3, 0.4) is 0 Å². The molecule has 0 saturated heterocycles. The lowest BCUT2D eigenvalue weighted by Crippen LogP contribution is -1.84. The topological polar surface area (TPSA) is 0 Å². The molecule has 1 rings (SSSR count). The van der Waals surface area contributed by atoms with Crippen molar-refractivity contribution in [3.8, 4) is 0 Å². The Balaban J connectivity index is 0.000000561. The van der Waals surface area contributed by atoms with E-state index in [4.69, 9.17) is 0 Å². The summed E-state index contributed by atoms with van der Waals surface area (Å²) in [6, 6.07) is 0. The first kappa shape index (κ1) is 11.5. The second kappa shape index (κ2) is 7.15. The predicted octanol–water partition coefficient (Wildman–Crippen LogP) is 4.48. The molecule has 0 aromatic carbocycles. The van der Waals surface area contributed by atoms with Gasteiger partial charge in [-0.15, -0.1) is 0 Å². The summed E-state index contributed by atoms with van der Waals surface area (Å²) in [7, 11) is 0. The van der Waals surface area contributed by atoms with Gasteiger partial charge < -0.3 is 0 Å². The third-order valence-corrected chi connectivity index (χ3v) is 1.97. The Morgan fingerprint density at radius 2 is 1.75 bits per heavy atom. The molecule has 0 unspecified atom stereocenters. The van der Waals surface area contributed by atoms with Crippen LogP contribution in [0.5, 0.6) is 0 Å². The summed E-state index contributed by atoms with van der Waals surface area (Å²) in [6.07, 6.45) is 9.94. The molecule has 0 saturated carbocycles. The van der Waals surface area contributed by atoms with Crippen LogP contribution < -0.4 is 0 Å². The van der Waals surface area contributed by atoms with Gasteiger partial charge >= 0.3 is 0 Å². The van der Waals surface area contributed by atoms with Crippen molar-refractivity contribution < 1.29 is 0 Å². The van der Waals surface area contributed by atoms with Crippen molar-refractivity contribution in [3.63, 3.8) is 0 Å². The van der Waals surface area contributed by atoms with Gasteiger partial charge in [-0.1, -0.05) is 37.1 Å². The van der Waals surface area contributed by atoms with Crippen LogP contribution in [0.15, 0.2) is 23.3 Å². The molecule has 12 heavy (non-hydrogen) atoms. The lowest BCUT2D eigenvalue weighted by molar-refractivity contribution is 0.734. The molecule has 0 aromatic rings. The standard InChI is InChI=1S/C10H16.C2H6/c1-9-6-4-3-5-7-10(2)8-9;1-2/h6,8H,3-5,7H2,1-2H3;1-2H3/b9-6-,10-8-;. The summed E-state index contributed by atoms with van der Waals surface area (Å²) in [6.45, 7) is 8.41. The van der Waals surface area contributed by atoms with E-state index < -0.39 is 0 Å². The number of hydrogen-bond acceptors (Lipinski definition) is 0. The number of hydrogen-bond donors (Lipinski definition) is 0. The fourth-order valence-corrected chi connectivity index (χ4v) is 1.40. The molecule has 0 atom stereocenters. The van der Waals surface area contributed by atoms with Gasteiger partial charge in [0.25, 0.3) is 0 Å².